The van der Waals surface area contributed by atoms with E-state index in [1.165, 1.54) is 24.3 Å². The molecule has 0 unspecified atom stereocenters. The van der Waals surface area contributed by atoms with Crippen LogP contribution in [0.3, 0.4) is 0 Å². The molecule has 1 rings (SSSR count). The highest BCUT2D eigenvalue weighted by atomic mass is 32.2. The molecule has 1 N–H and O–H groups in total. The van der Waals surface area contributed by atoms with Crippen LogP contribution in [0.5, 0.6) is 0 Å². The third kappa shape index (κ3) is 5.32. The molecule has 1 nitrogen and oxygen atoms in total. The average molecular weight is 303 g/mol. The van der Waals surface area contributed by atoms with E-state index in [1.807, 2.05) is 0 Å². The molecule has 1 aromatic carbocycles. The molecule has 0 bridgehead atoms. The smallest absolute Gasteiger partial charge is 0.312 e. The fourth-order valence-corrected chi connectivity index (χ4v) is 1.83. The molecule has 0 amide bonds. The molecule has 1 aromatic rings. The van der Waals surface area contributed by atoms with Gasteiger partial charge in [0, 0.05) is 18.8 Å². The van der Waals surface area contributed by atoms with Crippen LogP contribution >= 0.6 is 11.8 Å². The van der Waals surface area contributed by atoms with Gasteiger partial charge in [-0.3, -0.25) is 0 Å². The quantitative estimate of drug-likeness (QED) is 0.633. The first-order chi connectivity index (χ1) is 8.72. The standard InChI is InChI=1S/C11H11F6NS/c12-9-3-1-8(2-4-9)7-18-5-6-19-11(16,17)10(13,14)15/h1-4,18H,5-7H2. The first-order valence-electron chi connectivity index (χ1n) is 5.26. The number of thioether (sulfide) groups is 1. The van der Waals surface area contributed by atoms with Crippen LogP contribution in [0.15, 0.2) is 24.3 Å². The summed E-state index contributed by atoms with van der Waals surface area (Å²) in [4.78, 5) is 0. The lowest BCUT2D eigenvalue weighted by molar-refractivity contribution is -0.237. The van der Waals surface area contributed by atoms with Gasteiger partial charge in [0.2, 0.25) is 0 Å². The Kier molecular flexibility index (Phi) is 5.54. The number of rotatable bonds is 6. The van der Waals surface area contributed by atoms with Crippen LogP contribution in [-0.4, -0.2) is 23.7 Å². The van der Waals surface area contributed by atoms with Crippen LogP contribution in [0.2, 0.25) is 0 Å². The van der Waals surface area contributed by atoms with Gasteiger partial charge in [-0.1, -0.05) is 23.9 Å². The Morgan fingerprint density at radius 3 is 2.11 bits per heavy atom. The summed E-state index contributed by atoms with van der Waals surface area (Å²) >= 11 is -0.458. The summed E-state index contributed by atoms with van der Waals surface area (Å²) in [5.74, 6) is -0.780. The molecular formula is C11H11F6NS. The van der Waals surface area contributed by atoms with Crippen LogP contribution in [0.4, 0.5) is 26.3 Å². The third-order valence-corrected chi connectivity index (χ3v) is 3.14. The zero-order chi connectivity index (χ0) is 14.5. The summed E-state index contributed by atoms with van der Waals surface area (Å²) in [7, 11) is 0. The first-order valence-corrected chi connectivity index (χ1v) is 6.24. The van der Waals surface area contributed by atoms with Crippen molar-refractivity contribution in [1.29, 1.82) is 0 Å². The van der Waals surface area contributed by atoms with Crippen LogP contribution < -0.4 is 5.32 Å². The Balaban J connectivity index is 2.23. The van der Waals surface area contributed by atoms with Crippen molar-refractivity contribution in [2.24, 2.45) is 0 Å². The van der Waals surface area contributed by atoms with Gasteiger partial charge in [-0.15, -0.1) is 0 Å². The summed E-state index contributed by atoms with van der Waals surface area (Å²) in [6.45, 7) is 0.270. The molecule has 0 aromatic heterocycles. The van der Waals surface area contributed by atoms with Gasteiger partial charge < -0.3 is 5.32 Å². The molecule has 8 heteroatoms. The minimum absolute atomic E-state index is 0.00624. The van der Waals surface area contributed by atoms with Crippen molar-refractivity contribution >= 4 is 11.8 Å². The van der Waals surface area contributed by atoms with Crippen LogP contribution in [0.25, 0.3) is 0 Å². The Hall–Kier alpha value is -0.890. The van der Waals surface area contributed by atoms with E-state index >= 15 is 0 Å². The van der Waals surface area contributed by atoms with Crippen LogP contribution in [0, 0.1) is 5.82 Å². The van der Waals surface area contributed by atoms with E-state index in [4.69, 9.17) is 0 Å². The predicted octanol–water partition coefficient (Wildman–Crippen LogP) is 3.80. The van der Waals surface area contributed by atoms with Gasteiger partial charge in [0.25, 0.3) is 0 Å². The van der Waals surface area contributed by atoms with Gasteiger partial charge in [-0.05, 0) is 17.7 Å². The Morgan fingerprint density at radius 1 is 1.00 bits per heavy atom. The van der Waals surface area contributed by atoms with Crippen molar-refractivity contribution in [2.75, 3.05) is 12.3 Å². The molecule has 0 heterocycles. The Morgan fingerprint density at radius 2 is 1.58 bits per heavy atom. The molecule has 0 aliphatic carbocycles. The highest BCUT2D eigenvalue weighted by molar-refractivity contribution is 8.00. The zero-order valence-electron chi connectivity index (χ0n) is 9.61. The lowest BCUT2D eigenvalue weighted by Crippen LogP contribution is -2.34. The number of halogens is 6. The summed E-state index contributed by atoms with van der Waals surface area (Å²) in [5, 5.41) is -2.03. The summed E-state index contributed by atoms with van der Waals surface area (Å²) in [5.41, 5.74) is 0.717. The van der Waals surface area contributed by atoms with Gasteiger partial charge in [-0.2, -0.15) is 22.0 Å². The maximum atomic E-state index is 12.6. The van der Waals surface area contributed by atoms with E-state index in [0.29, 0.717) is 5.56 Å². The molecule has 0 fully saturated rings. The summed E-state index contributed by atoms with van der Waals surface area (Å²) in [6, 6.07) is 5.48. The summed E-state index contributed by atoms with van der Waals surface area (Å²) < 4.78 is 73.0. The third-order valence-electron chi connectivity index (χ3n) is 2.13. The molecule has 0 saturated heterocycles. The van der Waals surface area contributed by atoms with Crippen molar-refractivity contribution in [3.05, 3.63) is 35.6 Å². The SMILES string of the molecule is Fc1ccc(CNCCSC(F)(F)C(F)(F)F)cc1. The van der Waals surface area contributed by atoms with E-state index in [0.717, 1.165) is 0 Å². The second-order valence-electron chi connectivity index (χ2n) is 3.67. The Labute approximate surface area is 110 Å². The van der Waals surface area contributed by atoms with E-state index in [2.05, 4.69) is 5.32 Å². The topological polar surface area (TPSA) is 12.0 Å². The van der Waals surface area contributed by atoms with Crippen molar-refractivity contribution in [3.8, 4) is 0 Å². The van der Waals surface area contributed by atoms with Crippen LogP contribution in [0.1, 0.15) is 5.56 Å². The predicted molar refractivity (Wildman–Crippen MR) is 61.6 cm³/mol. The van der Waals surface area contributed by atoms with Gasteiger partial charge in [0.05, 0.1) is 0 Å². The molecule has 0 spiro atoms. The number of nitrogens with one attached hydrogen (secondary N) is 1. The van der Waals surface area contributed by atoms with Crippen molar-refractivity contribution < 1.29 is 26.3 Å². The average Bonchev–Trinajstić information content (AvgIpc) is 2.29. The second-order valence-corrected chi connectivity index (χ2v) is 4.88. The molecule has 0 radical (unpaired) electrons. The maximum Gasteiger partial charge on any atom is 0.464 e. The lowest BCUT2D eigenvalue weighted by atomic mass is 10.2. The summed E-state index contributed by atoms with van der Waals surface area (Å²) in [6.07, 6.45) is -5.53. The second kappa shape index (κ2) is 6.51. The van der Waals surface area contributed by atoms with E-state index in [-0.39, 0.29) is 18.8 Å². The zero-order valence-corrected chi connectivity index (χ0v) is 10.4. The minimum Gasteiger partial charge on any atom is -0.312 e. The van der Waals surface area contributed by atoms with Crippen molar-refractivity contribution in [2.45, 2.75) is 18.0 Å². The van der Waals surface area contributed by atoms with Gasteiger partial charge in [0.15, 0.2) is 0 Å². The number of benzene rings is 1. The van der Waals surface area contributed by atoms with Gasteiger partial charge in [0.1, 0.15) is 5.82 Å². The highest BCUT2D eigenvalue weighted by Crippen LogP contribution is 2.43. The number of hydrogen-bond acceptors (Lipinski definition) is 2. The molecule has 0 aliphatic rings. The van der Waals surface area contributed by atoms with Crippen molar-refractivity contribution in [3.63, 3.8) is 0 Å². The fourth-order valence-electron chi connectivity index (χ4n) is 1.17. The van der Waals surface area contributed by atoms with E-state index < -0.39 is 29.0 Å². The van der Waals surface area contributed by atoms with Crippen molar-refractivity contribution in [1.82, 2.24) is 5.32 Å². The van der Waals surface area contributed by atoms with Gasteiger partial charge in [-0.25, -0.2) is 4.39 Å². The molecule has 0 atom stereocenters. The highest BCUT2D eigenvalue weighted by Gasteiger charge is 2.57. The van der Waals surface area contributed by atoms with E-state index in [9.17, 15) is 26.3 Å². The molecule has 0 aliphatic heterocycles. The monoisotopic (exact) mass is 303 g/mol. The fraction of sp³-hybridized carbons (Fsp3) is 0.455. The van der Waals surface area contributed by atoms with Crippen LogP contribution in [-0.2, 0) is 6.54 Å². The molecule has 19 heavy (non-hydrogen) atoms. The maximum absolute atomic E-state index is 12.6. The molecule has 108 valence electrons. The van der Waals surface area contributed by atoms with Gasteiger partial charge >= 0.3 is 11.4 Å². The molecular weight excluding hydrogens is 292 g/mol. The minimum atomic E-state index is -5.53. The normalized spacial score (nSPS) is 12.7. The lowest BCUT2D eigenvalue weighted by Gasteiger charge is -2.18. The first kappa shape index (κ1) is 16.2. The van der Waals surface area contributed by atoms with E-state index in [1.54, 1.807) is 0 Å². The number of alkyl halides is 5. The number of hydrogen-bond donors (Lipinski definition) is 1. The largest absolute Gasteiger partial charge is 0.464 e. The Bertz CT molecular complexity index is 389. The molecule has 0 saturated carbocycles.